The fraction of sp³-hybridized carbons (Fsp3) is 0.211. The molecule has 0 saturated carbocycles. The predicted octanol–water partition coefficient (Wildman–Crippen LogP) is 3.17. The van der Waals surface area contributed by atoms with Gasteiger partial charge >= 0.3 is 5.97 Å². The van der Waals surface area contributed by atoms with Gasteiger partial charge < -0.3 is 14.8 Å². The van der Waals surface area contributed by atoms with Crippen molar-refractivity contribution < 1.29 is 23.9 Å². The molecule has 2 aromatic carbocycles. The van der Waals surface area contributed by atoms with Gasteiger partial charge in [-0.15, -0.1) is 11.8 Å². The van der Waals surface area contributed by atoms with Crippen molar-refractivity contribution in [3.05, 3.63) is 54.1 Å². The number of benzene rings is 2. The molecule has 1 N–H and O–H groups in total. The SMILES string of the molecule is COc1cccc(NC(=O)COC(=O)c2ccccc2SCC(C)=O)c1. The maximum atomic E-state index is 12.2. The Balaban J connectivity index is 1.93. The molecule has 0 fully saturated rings. The third kappa shape index (κ3) is 5.93. The van der Waals surface area contributed by atoms with E-state index in [9.17, 15) is 14.4 Å². The number of thioether (sulfide) groups is 1. The summed E-state index contributed by atoms with van der Waals surface area (Å²) in [5.74, 6) is -0.189. The highest BCUT2D eigenvalue weighted by Crippen LogP contribution is 2.23. The molecule has 0 bridgehead atoms. The van der Waals surface area contributed by atoms with E-state index >= 15 is 0 Å². The number of rotatable bonds is 8. The van der Waals surface area contributed by atoms with Crippen LogP contribution in [0.25, 0.3) is 0 Å². The van der Waals surface area contributed by atoms with E-state index in [1.165, 1.54) is 25.8 Å². The van der Waals surface area contributed by atoms with Gasteiger partial charge in [-0.1, -0.05) is 18.2 Å². The van der Waals surface area contributed by atoms with Crippen LogP contribution in [-0.4, -0.2) is 37.1 Å². The predicted molar refractivity (Wildman–Crippen MR) is 99.8 cm³/mol. The number of carbonyl (C=O) groups excluding carboxylic acids is 3. The Morgan fingerprint density at radius 3 is 2.58 bits per heavy atom. The van der Waals surface area contributed by atoms with Crippen LogP contribution in [0.5, 0.6) is 5.75 Å². The maximum Gasteiger partial charge on any atom is 0.339 e. The highest BCUT2D eigenvalue weighted by molar-refractivity contribution is 8.00. The molecule has 6 nitrogen and oxygen atoms in total. The Kier molecular flexibility index (Phi) is 7.23. The number of ketones is 1. The summed E-state index contributed by atoms with van der Waals surface area (Å²) in [5, 5.41) is 2.63. The molecule has 0 aromatic heterocycles. The number of nitrogens with one attached hydrogen (secondary N) is 1. The van der Waals surface area contributed by atoms with Gasteiger partial charge in [-0.2, -0.15) is 0 Å². The van der Waals surface area contributed by atoms with Crippen LogP contribution in [0.15, 0.2) is 53.4 Å². The molecule has 26 heavy (non-hydrogen) atoms. The zero-order chi connectivity index (χ0) is 18.9. The maximum absolute atomic E-state index is 12.2. The Bertz CT molecular complexity index is 806. The quantitative estimate of drug-likeness (QED) is 0.565. The minimum atomic E-state index is -0.613. The topological polar surface area (TPSA) is 81.7 Å². The van der Waals surface area contributed by atoms with Gasteiger partial charge in [0.05, 0.1) is 18.4 Å². The molecule has 2 aromatic rings. The van der Waals surface area contributed by atoms with E-state index in [0.29, 0.717) is 21.9 Å². The average Bonchev–Trinajstić information content (AvgIpc) is 2.64. The molecule has 136 valence electrons. The lowest BCUT2D eigenvalue weighted by molar-refractivity contribution is -0.119. The second-order valence-corrected chi connectivity index (χ2v) is 6.36. The summed E-state index contributed by atoms with van der Waals surface area (Å²) < 4.78 is 10.2. The van der Waals surface area contributed by atoms with Crippen molar-refractivity contribution in [3.63, 3.8) is 0 Å². The highest BCUT2D eigenvalue weighted by atomic mass is 32.2. The first-order valence-corrected chi connectivity index (χ1v) is 8.80. The van der Waals surface area contributed by atoms with Crippen molar-refractivity contribution in [2.45, 2.75) is 11.8 Å². The van der Waals surface area contributed by atoms with Crippen LogP contribution in [0.3, 0.4) is 0 Å². The number of amides is 1. The van der Waals surface area contributed by atoms with Gasteiger partial charge in [-0.05, 0) is 31.2 Å². The molecule has 0 radical (unpaired) electrons. The molecule has 0 atom stereocenters. The fourth-order valence-electron chi connectivity index (χ4n) is 2.05. The number of Topliss-reactive ketones (excluding diaryl/α,β-unsaturated/α-hetero) is 1. The second kappa shape index (κ2) is 9.62. The number of methoxy groups -OCH3 is 1. The first-order valence-electron chi connectivity index (χ1n) is 7.82. The smallest absolute Gasteiger partial charge is 0.339 e. The summed E-state index contributed by atoms with van der Waals surface area (Å²) in [4.78, 5) is 36.0. The minimum absolute atomic E-state index is 0.0100. The summed E-state index contributed by atoms with van der Waals surface area (Å²) in [6.07, 6.45) is 0. The molecule has 0 saturated heterocycles. The van der Waals surface area contributed by atoms with Gasteiger partial charge in [0.1, 0.15) is 11.5 Å². The van der Waals surface area contributed by atoms with Crippen molar-refractivity contribution in [3.8, 4) is 5.75 Å². The summed E-state index contributed by atoms with van der Waals surface area (Å²) in [5.41, 5.74) is 0.871. The molecule has 0 aliphatic heterocycles. The van der Waals surface area contributed by atoms with Gasteiger partial charge in [0.25, 0.3) is 5.91 Å². The number of hydrogen-bond donors (Lipinski definition) is 1. The summed E-state index contributed by atoms with van der Waals surface area (Å²) in [6, 6.07) is 13.7. The van der Waals surface area contributed by atoms with Gasteiger partial charge in [0.15, 0.2) is 6.61 Å². The van der Waals surface area contributed by atoms with E-state index < -0.39 is 18.5 Å². The van der Waals surface area contributed by atoms with Gasteiger partial charge in [-0.25, -0.2) is 4.79 Å². The molecular formula is C19H19NO5S. The largest absolute Gasteiger partial charge is 0.497 e. The number of anilines is 1. The monoisotopic (exact) mass is 373 g/mol. The molecule has 0 unspecified atom stereocenters. The molecular weight excluding hydrogens is 354 g/mol. The van der Waals surface area contributed by atoms with Crippen molar-refractivity contribution in [1.82, 2.24) is 0 Å². The molecule has 0 aliphatic rings. The van der Waals surface area contributed by atoms with Crippen molar-refractivity contribution in [2.75, 3.05) is 24.8 Å². The van der Waals surface area contributed by atoms with Crippen LogP contribution in [0.2, 0.25) is 0 Å². The number of hydrogen-bond acceptors (Lipinski definition) is 6. The second-order valence-electron chi connectivity index (χ2n) is 5.34. The van der Waals surface area contributed by atoms with E-state index in [1.54, 1.807) is 48.5 Å². The van der Waals surface area contributed by atoms with Crippen LogP contribution in [0, 0.1) is 0 Å². The summed E-state index contributed by atoms with van der Waals surface area (Å²) >= 11 is 1.26. The third-order valence-electron chi connectivity index (χ3n) is 3.23. The van der Waals surface area contributed by atoms with Crippen LogP contribution in [-0.2, 0) is 14.3 Å². The molecule has 7 heteroatoms. The lowest BCUT2D eigenvalue weighted by Crippen LogP contribution is -2.21. The normalized spacial score (nSPS) is 10.1. The van der Waals surface area contributed by atoms with Crippen molar-refractivity contribution >= 4 is 35.1 Å². The van der Waals surface area contributed by atoms with E-state index in [0.717, 1.165) is 0 Å². The Morgan fingerprint density at radius 1 is 1.08 bits per heavy atom. The van der Waals surface area contributed by atoms with Crippen LogP contribution in [0.4, 0.5) is 5.69 Å². The fourth-order valence-corrected chi connectivity index (χ4v) is 2.89. The lowest BCUT2D eigenvalue weighted by atomic mass is 10.2. The zero-order valence-corrected chi connectivity index (χ0v) is 15.3. The van der Waals surface area contributed by atoms with Crippen LogP contribution < -0.4 is 10.1 Å². The summed E-state index contributed by atoms with van der Waals surface area (Å²) in [7, 11) is 1.53. The van der Waals surface area contributed by atoms with Gasteiger partial charge in [0, 0.05) is 16.6 Å². The molecule has 2 rings (SSSR count). The standard InChI is InChI=1S/C19H19NO5S/c1-13(21)12-26-17-9-4-3-8-16(17)19(23)25-11-18(22)20-14-6-5-7-15(10-14)24-2/h3-10H,11-12H2,1-2H3,(H,20,22). The molecule has 1 amide bonds. The van der Waals surface area contributed by atoms with Crippen molar-refractivity contribution in [2.24, 2.45) is 0 Å². The van der Waals surface area contributed by atoms with Crippen LogP contribution in [0.1, 0.15) is 17.3 Å². The first-order chi connectivity index (χ1) is 12.5. The van der Waals surface area contributed by atoms with Crippen molar-refractivity contribution in [1.29, 1.82) is 0 Å². The van der Waals surface area contributed by atoms with E-state index in [1.807, 2.05) is 0 Å². The average molecular weight is 373 g/mol. The Morgan fingerprint density at radius 2 is 1.85 bits per heavy atom. The molecule has 0 spiro atoms. The van der Waals surface area contributed by atoms with Crippen LogP contribution >= 0.6 is 11.8 Å². The van der Waals surface area contributed by atoms with Gasteiger partial charge in [-0.3, -0.25) is 9.59 Å². The third-order valence-corrected chi connectivity index (χ3v) is 4.44. The van der Waals surface area contributed by atoms with Gasteiger partial charge in [0.2, 0.25) is 0 Å². The molecule has 0 aliphatic carbocycles. The number of ether oxygens (including phenoxy) is 2. The van der Waals surface area contributed by atoms with E-state index in [2.05, 4.69) is 5.32 Å². The zero-order valence-electron chi connectivity index (χ0n) is 14.5. The Hall–Kier alpha value is -2.80. The number of esters is 1. The minimum Gasteiger partial charge on any atom is -0.497 e. The van der Waals surface area contributed by atoms with E-state index in [4.69, 9.17) is 9.47 Å². The number of carbonyl (C=O) groups is 3. The highest BCUT2D eigenvalue weighted by Gasteiger charge is 2.15. The molecule has 0 heterocycles. The lowest BCUT2D eigenvalue weighted by Gasteiger charge is -2.10. The summed E-state index contributed by atoms with van der Waals surface area (Å²) in [6.45, 7) is 1.07. The Labute approximate surface area is 155 Å². The first kappa shape index (κ1) is 19.5. The van der Waals surface area contributed by atoms with E-state index in [-0.39, 0.29) is 11.5 Å².